The van der Waals surface area contributed by atoms with Gasteiger partial charge in [-0.3, -0.25) is 9.52 Å². The Kier molecular flexibility index (Phi) is 5.87. The number of benzene rings is 3. The molecule has 0 aliphatic carbocycles. The molecule has 0 aromatic heterocycles. The van der Waals surface area contributed by atoms with Gasteiger partial charge in [0.15, 0.2) is 0 Å². The third-order valence-electron chi connectivity index (χ3n) is 5.18. The zero-order chi connectivity index (χ0) is 22.7. The molecule has 1 heterocycles. The highest BCUT2D eigenvalue weighted by atomic mass is 32.2. The van der Waals surface area contributed by atoms with E-state index in [-0.39, 0.29) is 16.1 Å². The summed E-state index contributed by atoms with van der Waals surface area (Å²) in [5.41, 5.74) is 8.64. The maximum absolute atomic E-state index is 13.3. The van der Waals surface area contributed by atoms with Crippen molar-refractivity contribution in [3.05, 3.63) is 95.1 Å². The molecule has 3 aromatic carbocycles. The van der Waals surface area contributed by atoms with Crippen molar-refractivity contribution in [3.8, 4) is 5.75 Å². The Bertz CT molecular complexity index is 1320. The zero-order valence-corrected chi connectivity index (χ0v) is 18.0. The van der Waals surface area contributed by atoms with Crippen LogP contribution in [0.2, 0.25) is 0 Å². The summed E-state index contributed by atoms with van der Waals surface area (Å²) >= 11 is 0. The quantitative estimate of drug-likeness (QED) is 0.423. The molecule has 32 heavy (non-hydrogen) atoms. The summed E-state index contributed by atoms with van der Waals surface area (Å²) in [5, 5.41) is 13.3. The van der Waals surface area contributed by atoms with E-state index in [0.717, 1.165) is 29.2 Å². The van der Waals surface area contributed by atoms with E-state index in [2.05, 4.69) is 22.2 Å². The lowest BCUT2D eigenvalue weighted by Gasteiger charge is -2.17. The lowest BCUT2D eigenvalue weighted by atomic mass is 10.1. The maximum Gasteiger partial charge on any atom is 0.263 e. The molecule has 0 saturated heterocycles. The van der Waals surface area contributed by atoms with Crippen LogP contribution < -0.4 is 15.8 Å². The van der Waals surface area contributed by atoms with E-state index in [4.69, 9.17) is 5.73 Å². The van der Waals surface area contributed by atoms with Crippen LogP contribution in [-0.2, 0) is 29.4 Å². The molecule has 7 nitrogen and oxygen atoms in total. The second-order valence-electron chi connectivity index (χ2n) is 7.59. The number of sulfonamides is 1. The SMILES string of the molecule is NC(=O)c1cc2c(cc1O)NCc1cccc(c1)C/C=C/Cc1cccc(c1)NS2(=O)=O. The van der Waals surface area contributed by atoms with E-state index in [1.165, 1.54) is 6.07 Å². The van der Waals surface area contributed by atoms with Crippen LogP contribution in [0, 0.1) is 0 Å². The fourth-order valence-corrected chi connectivity index (χ4v) is 4.84. The highest BCUT2D eigenvalue weighted by molar-refractivity contribution is 7.92. The van der Waals surface area contributed by atoms with Crippen LogP contribution in [0.25, 0.3) is 0 Å². The monoisotopic (exact) mass is 449 g/mol. The summed E-state index contributed by atoms with van der Waals surface area (Å²) in [6.07, 6.45) is 5.59. The van der Waals surface area contributed by atoms with Gasteiger partial charge in [0.2, 0.25) is 0 Å². The highest BCUT2D eigenvalue weighted by Gasteiger charge is 2.23. The number of carbonyl (C=O) groups excluding carboxylic acids is 1. The molecule has 5 N–H and O–H groups in total. The number of fused-ring (bicyclic) bond motifs is 5. The Morgan fingerprint density at radius 1 is 0.906 bits per heavy atom. The summed E-state index contributed by atoms with van der Waals surface area (Å²) in [4.78, 5) is 11.5. The molecule has 1 amide bonds. The van der Waals surface area contributed by atoms with Crippen molar-refractivity contribution in [3.63, 3.8) is 0 Å². The van der Waals surface area contributed by atoms with Crippen molar-refractivity contribution in [1.82, 2.24) is 0 Å². The van der Waals surface area contributed by atoms with Crippen LogP contribution in [0.3, 0.4) is 0 Å². The Morgan fingerprint density at radius 2 is 1.56 bits per heavy atom. The first kappa shape index (κ1) is 21.5. The van der Waals surface area contributed by atoms with E-state index in [1.807, 2.05) is 30.3 Å². The number of carbonyl (C=O) groups is 1. The molecule has 8 heteroatoms. The minimum atomic E-state index is -4.10. The summed E-state index contributed by atoms with van der Waals surface area (Å²) in [7, 11) is -4.10. The van der Waals surface area contributed by atoms with Gasteiger partial charge >= 0.3 is 0 Å². The Morgan fingerprint density at radius 3 is 2.28 bits per heavy atom. The summed E-state index contributed by atoms with van der Waals surface area (Å²) in [6, 6.07) is 17.4. The molecule has 1 aliphatic rings. The number of nitrogens with two attached hydrogens (primary N) is 1. The lowest BCUT2D eigenvalue weighted by Crippen LogP contribution is -2.18. The molecule has 0 spiro atoms. The number of rotatable bonds is 1. The predicted molar refractivity (Wildman–Crippen MR) is 124 cm³/mol. The topological polar surface area (TPSA) is 122 Å². The second kappa shape index (κ2) is 8.76. The molecule has 164 valence electrons. The summed E-state index contributed by atoms with van der Waals surface area (Å²) < 4.78 is 29.1. The van der Waals surface area contributed by atoms with Crippen LogP contribution in [-0.4, -0.2) is 19.4 Å². The standard InChI is InChI=1S/C24H23N3O4S/c25-24(29)20-13-23-21(14-22(20)28)26-15-18-9-3-7-16(11-18)5-1-2-6-17-8-4-10-19(12-17)27-32(23,30)31/h1-4,7-14,26-28H,5-6,15H2,(H2,25,29)/b2-1+. The van der Waals surface area contributed by atoms with Gasteiger partial charge in [0.25, 0.3) is 15.9 Å². The van der Waals surface area contributed by atoms with Gasteiger partial charge in [0, 0.05) is 18.3 Å². The van der Waals surface area contributed by atoms with Crippen LogP contribution in [0.4, 0.5) is 11.4 Å². The molecule has 1 aliphatic heterocycles. The van der Waals surface area contributed by atoms with Crippen LogP contribution in [0.1, 0.15) is 27.0 Å². The van der Waals surface area contributed by atoms with Gasteiger partial charge in [-0.05, 0) is 47.7 Å². The minimum absolute atomic E-state index is 0.161. The van der Waals surface area contributed by atoms with E-state index >= 15 is 0 Å². The molecular weight excluding hydrogens is 426 g/mol. The average molecular weight is 450 g/mol. The fourth-order valence-electron chi connectivity index (χ4n) is 3.60. The fraction of sp³-hybridized carbons (Fsp3) is 0.125. The largest absolute Gasteiger partial charge is 0.507 e. The van der Waals surface area contributed by atoms with Gasteiger partial charge < -0.3 is 16.2 Å². The molecule has 3 aromatic rings. The number of nitrogens with one attached hydrogen (secondary N) is 2. The number of amides is 1. The van der Waals surface area contributed by atoms with Gasteiger partial charge in [0.05, 0.1) is 11.3 Å². The van der Waals surface area contributed by atoms with E-state index in [9.17, 15) is 18.3 Å². The molecule has 0 atom stereocenters. The van der Waals surface area contributed by atoms with Crippen LogP contribution in [0.5, 0.6) is 5.75 Å². The normalized spacial score (nSPS) is 16.1. The Hall–Kier alpha value is -3.78. The van der Waals surface area contributed by atoms with E-state index in [1.54, 1.807) is 18.2 Å². The molecular formula is C24H23N3O4S. The highest BCUT2D eigenvalue weighted by Crippen LogP contribution is 2.31. The van der Waals surface area contributed by atoms with Crippen molar-refractivity contribution in [2.45, 2.75) is 24.3 Å². The zero-order valence-electron chi connectivity index (χ0n) is 17.2. The van der Waals surface area contributed by atoms with Crippen molar-refractivity contribution >= 4 is 27.3 Å². The van der Waals surface area contributed by atoms with Crippen molar-refractivity contribution < 1.29 is 18.3 Å². The van der Waals surface area contributed by atoms with E-state index in [0.29, 0.717) is 18.7 Å². The Labute approximate surface area is 186 Å². The number of aromatic hydroxyl groups is 1. The number of allylic oxidation sites excluding steroid dienone is 2. The van der Waals surface area contributed by atoms with Crippen molar-refractivity contribution in [2.75, 3.05) is 10.0 Å². The van der Waals surface area contributed by atoms with E-state index < -0.39 is 21.7 Å². The number of primary amides is 1. The minimum Gasteiger partial charge on any atom is -0.507 e. The third kappa shape index (κ3) is 4.76. The first-order valence-corrected chi connectivity index (χ1v) is 11.6. The van der Waals surface area contributed by atoms with Gasteiger partial charge in [-0.15, -0.1) is 0 Å². The van der Waals surface area contributed by atoms with Crippen LogP contribution in [0.15, 0.2) is 77.7 Å². The maximum atomic E-state index is 13.3. The predicted octanol–water partition coefficient (Wildman–Crippen LogP) is 3.56. The summed E-state index contributed by atoms with van der Waals surface area (Å²) in [5.74, 6) is -1.32. The third-order valence-corrected chi connectivity index (χ3v) is 6.60. The van der Waals surface area contributed by atoms with Gasteiger partial charge in [-0.2, -0.15) is 0 Å². The van der Waals surface area contributed by atoms with Crippen LogP contribution >= 0.6 is 0 Å². The Balaban J connectivity index is 1.84. The van der Waals surface area contributed by atoms with Crippen molar-refractivity contribution in [2.24, 2.45) is 5.73 Å². The number of hydrogen-bond acceptors (Lipinski definition) is 5. The number of phenols is 1. The first-order valence-electron chi connectivity index (χ1n) is 10.1. The van der Waals surface area contributed by atoms with Gasteiger partial charge in [0.1, 0.15) is 10.6 Å². The smallest absolute Gasteiger partial charge is 0.263 e. The second-order valence-corrected chi connectivity index (χ2v) is 9.24. The number of anilines is 2. The molecule has 0 unspecified atom stereocenters. The molecule has 4 rings (SSSR count). The molecule has 0 radical (unpaired) electrons. The van der Waals surface area contributed by atoms with Gasteiger partial charge in [-0.25, -0.2) is 8.42 Å². The molecule has 4 bridgehead atoms. The average Bonchev–Trinajstić information content (AvgIpc) is 2.74. The summed E-state index contributed by atoms with van der Waals surface area (Å²) in [6.45, 7) is 0.324. The molecule has 0 fully saturated rings. The van der Waals surface area contributed by atoms with Gasteiger partial charge in [-0.1, -0.05) is 48.6 Å². The lowest BCUT2D eigenvalue weighted by molar-refractivity contribution is 0.0997. The number of hydrogen-bond donors (Lipinski definition) is 4. The first-order chi connectivity index (χ1) is 15.3. The molecule has 0 saturated carbocycles. The van der Waals surface area contributed by atoms with Crippen molar-refractivity contribution in [1.29, 1.82) is 0 Å².